The van der Waals surface area contributed by atoms with Gasteiger partial charge in [0.1, 0.15) is 5.37 Å². The lowest BCUT2D eigenvalue weighted by Gasteiger charge is -2.24. The molecule has 2 aromatic carbocycles. The van der Waals surface area contributed by atoms with E-state index in [0.717, 1.165) is 29.9 Å². The summed E-state index contributed by atoms with van der Waals surface area (Å²) in [6.07, 6.45) is -3.44. The van der Waals surface area contributed by atoms with Gasteiger partial charge in [-0.3, -0.25) is 4.79 Å². The molecule has 2 aromatic rings. The second-order valence-electron chi connectivity index (χ2n) is 5.89. The van der Waals surface area contributed by atoms with Gasteiger partial charge in [0.25, 0.3) is 5.91 Å². The lowest BCUT2D eigenvalue weighted by molar-refractivity contribution is -0.137. The maximum atomic E-state index is 12.8. The van der Waals surface area contributed by atoms with E-state index in [2.05, 4.69) is 6.92 Å². The fourth-order valence-electron chi connectivity index (χ4n) is 2.84. The summed E-state index contributed by atoms with van der Waals surface area (Å²) in [5.74, 6) is 0.683. The molecule has 0 bridgehead atoms. The monoisotopic (exact) mass is 365 g/mol. The first kappa shape index (κ1) is 17.9. The molecule has 132 valence electrons. The summed E-state index contributed by atoms with van der Waals surface area (Å²) in [5.41, 5.74) is 1.81. The van der Waals surface area contributed by atoms with E-state index in [-0.39, 0.29) is 11.3 Å². The van der Waals surface area contributed by atoms with E-state index in [4.69, 9.17) is 0 Å². The van der Waals surface area contributed by atoms with E-state index in [0.29, 0.717) is 17.7 Å². The maximum absolute atomic E-state index is 12.8. The zero-order valence-electron chi connectivity index (χ0n) is 13.7. The standard InChI is InChI=1S/C19H18F3NOS/c1-2-13-3-5-14(6-4-13)17(24)23-11-12-25-18(23)15-7-9-16(10-8-15)19(20,21)22/h3-10,18H,2,11-12H2,1H3/t18-/m0/s1. The Morgan fingerprint density at radius 2 is 1.76 bits per heavy atom. The van der Waals surface area contributed by atoms with Gasteiger partial charge in [0.05, 0.1) is 5.56 Å². The second-order valence-corrected chi connectivity index (χ2v) is 7.08. The average Bonchev–Trinajstić information content (AvgIpc) is 3.10. The molecule has 0 radical (unpaired) electrons. The quantitative estimate of drug-likeness (QED) is 0.749. The number of thioether (sulfide) groups is 1. The summed E-state index contributed by atoms with van der Waals surface area (Å²) in [6.45, 7) is 2.64. The topological polar surface area (TPSA) is 20.3 Å². The van der Waals surface area contributed by atoms with Crippen LogP contribution in [0.15, 0.2) is 48.5 Å². The summed E-state index contributed by atoms with van der Waals surface area (Å²) in [4.78, 5) is 14.5. The van der Waals surface area contributed by atoms with E-state index >= 15 is 0 Å². The van der Waals surface area contributed by atoms with Crippen molar-refractivity contribution in [3.05, 3.63) is 70.8 Å². The van der Waals surface area contributed by atoms with Gasteiger partial charge in [0, 0.05) is 17.9 Å². The Morgan fingerprint density at radius 3 is 2.32 bits per heavy atom. The van der Waals surface area contributed by atoms with Crippen molar-refractivity contribution in [3.8, 4) is 0 Å². The molecule has 1 atom stereocenters. The van der Waals surface area contributed by atoms with Gasteiger partial charge in [-0.25, -0.2) is 0 Å². The van der Waals surface area contributed by atoms with Gasteiger partial charge in [0.2, 0.25) is 0 Å². The van der Waals surface area contributed by atoms with Crippen LogP contribution in [0.4, 0.5) is 13.2 Å². The van der Waals surface area contributed by atoms with E-state index in [1.54, 1.807) is 16.7 Å². The molecule has 1 aliphatic heterocycles. The first-order chi connectivity index (χ1) is 11.9. The van der Waals surface area contributed by atoms with Crippen LogP contribution in [-0.4, -0.2) is 23.1 Å². The van der Waals surface area contributed by atoms with E-state index in [1.165, 1.54) is 12.1 Å². The summed E-state index contributed by atoms with van der Waals surface area (Å²) in [6, 6.07) is 12.6. The Kier molecular flexibility index (Phi) is 5.08. The fraction of sp³-hybridized carbons (Fsp3) is 0.316. The van der Waals surface area contributed by atoms with Crippen LogP contribution in [0.25, 0.3) is 0 Å². The molecule has 3 rings (SSSR count). The van der Waals surface area contributed by atoms with Crippen molar-refractivity contribution in [2.24, 2.45) is 0 Å². The third kappa shape index (κ3) is 3.84. The number of hydrogen-bond acceptors (Lipinski definition) is 2. The highest BCUT2D eigenvalue weighted by Crippen LogP contribution is 2.39. The number of carbonyl (C=O) groups is 1. The minimum Gasteiger partial charge on any atom is -0.322 e. The highest BCUT2D eigenvalue weighted by molar-refractivity contribution is 7.99. The Labute approximate surface area is 149 Å². The van der Waals surface area contributed by atoms with Crippen molar-refractivity contribution in [3.63, 3.8) is 0 Å². The highest BCUT2D eigenvalue weighted by Gasteiger charge is 2.33. The first-order valence-electron chi connectivity index (χ1n) is 8.09. The van der Waals surface area contributed by atoms with Crippen LogP contribution in [0.3, 0.4) is 0 Å². The molecule has 0 saturated carbocycles. The van der Waals surface area contributed by atoms with Gasteiger partial charge in [-0.05, 0) is 41.8 Å². The fourth-order valence-corrected chi connectivity index (χ4v) is 4.10. The number of benzene rings is 2. The van der Waals surface area contributed by atoms with Crippen molar-refractivity contribution in [1.29, 1.82) is 0 Å². The van der Waals surface area contributed by atoms with E-state index in [9.17, 15) is 18.0 Å². The SMILES string of the molecule is CCc1ccc(C(=O)N2CCS[C@H]2c2ccc(C(F)(F)F)cc2)cc1. The normalized spacial score (nSPS) is 17.8. The number of nitrogens with zero attached hydrogens (tertiary/aromatic N) is 1. The predicted octanol–water partition coefficient (Wildman–Crippen LogP) is 5.16. The van der Waals surface area contributed by atoms with Crippen LogP contribution in [0.1, 0.15) is 39.3 Å². The Morgan fingerprint density at radius 1 is 1.12 bits per heavy atom. The van der Waals surface area contributed by atoms with Gasteiger partial charge in [0.15, 0.2) is 0 Å². The summed E-state index contributed by atoms with van der Waals surface area (Å²) >= 11 is 1.57. The summed E-state index contributed by atoms with van der Waals surface area (Å²) in [7, 11) is 0. The number of carbonyl (C=O) groups excluding carboxylic acids is 1. The molecular weight excluding hydrogens is 347 g/mol. The molecule has 0 unspecified atom stereocenters. The minimum atomic E-state index is -4.35. The first-order valence-corrected chi connectivity index (χ1v) is 9.13. The van der Waals surface area contributed by atoms with Crippen LogP contribution < -0.4 is 0 Å². The van der Waals surface area contributed by atoms with Crippen LogP contribution >= 0.6 is 11.8 Å². The van der Waals surface area contributed by atoms with Crippen molar-refractivity contribution in [2.75, 3.05) is 12.3 Å². The second kappa shape index (κ2) is 7.12. The van der Waals surface area contributed by atoms with Gasteiger partial charge in [-0.2, -0.15) is 13.2 Å². The number of rotatable bonds is 3. The molecule has 25 heavy (non-hydrogen) atoms. The van der Waals surface area contributed by atoms with Crippen molar-refractivity contribution >= 4 is 17.7 Å². The molecule has 2 nitrogen and oxygen atoms in total. The maximum Gasteiger partial charge on any atom is 0.416 e. The Balaban J connectivity index is 1.81. The van der Waals surface area contributed by atoms with E-state index in [1.807, 2.05) is 24.3 Å². The van der Waals surface area contributed by atoms with Gasteiger partial charge in [-0.15, -0.1) is 11.8 Å². The summed E-state index contributed by atoms with van der Waals surface area (Å²) in [5, 5.41) is -0.249. The van der Waals surface area contributed by atoms with Gasteiger partial charge >= 0.3 is 6.18 Å². The molecule has 0 spiro atoms. The average molecular weight is 365 g/mol. The molecule has 1 saturated heterocycles. The van der Waals surface area contributed by atoms with Crippen LogP contribution in [0, 0.1) is 0 Å². The Bertz CT molecular complexity index is 741. The van der Waals surface area contributed by atoms with Crippen molar-refractivity contribution < 1.29 is 18.0 Å². The van der Waals surface area contributed by atoms with Gasteiger partial charge < -0.3 is 4.90 Å². The predicted molar refractivity (Wildman–Crippen MR) is 93.5 cm³/mol. The molecule has 0 aromatic heterocycles. The number of amides is 1. The van der Waals surface area contributed by atoms with Crippen LogP contribution in [0.2, 0.25) is 0 Å². The lowest BCUT2D eigenvalue weighted by atomic mass is 10.1. The van der Waals surface area contributed by atoms with Gasteiger partial charge in [-0.1, -0.05) is 31.2 Å². The molecule has 1 amide bonds. The zero-order valence-corrected chi connectivity index (χ0v) is 14.5. The minimum absolute atomic E-state index is 0.0856. The summed E-state index contributed by atoms with van der Waals surface area (Å²) < 4.78 is 38.1. The molecule has 6 heteroatoms. The van der Waals surface area contributed by atoms with Crippen LogP contribution in [-0.2, 0) is 12.6 Å². The number of halogens is 3. The van der Waals surface area contributed by atoms with E-state index < -0.39 is 11.7 Å². The molecule has 0 aliphatic carbocycles. The molecule has 1 fully saturated rings. The third-order valence-corrected chi connectivity index (χ3v) is 5.54. The third-order valence-electron chi connectivity index (χ3n) is 4.28. The highest BCUT2D eigenvalue weighted by atomic mass is 32.2. The molecule has 1 heterocycles. The smallest absolute Gasteiger partial charge is 0.322 e. The number of aryl methyl sites for hydroxylation is 1. The largest absolute Gasteiger partial charge is 0.416 e. The van der Waals surface area contributed by atoms with Crippen molar-refractivity contribution in [1.82, 2.24) is 4.90 Å². The van der Waals surface area contributed by atoms with Crippen molar-refractivity contribution in [2.45, 2.75) is 24.9 Å². The molecule has 0 N–H and O–H groups in total. The number of alkyl halides is 3. The van der Waals surface area contributed by atoms with Crippen LogP contribution in [0.5, 0.6) is 0 Å². The number of hydrogen-bond donors (Lipinski definition) is 0. The molecular formula is C19H18F3NOS. The zero-order chi connectivity index (χ0) is 18.0. The molecule has 1 aliphatic rings. The Hall–Kier alpha value is -1.95. The lowest BCUT2D eigenvalue weighted by Crippen LogP contribution is -2.30.